The van der Waals surface area contributed by atoms with Gasteiger partial charge in [-0.1, -0.05) is 6.92 Å². The van der Waals surface area contributed by atoms with E-state index in [1.165, 1.54) is 0 Å². The molecule has 7 nitrogen and oxygen atoms in total. The van der Waals surface area contributed by atoms with E-state index in [0.717, 1.165) is 5.69 Å². The summed E-state index contributed by atoms with van der Waals surface area (Å²) in [6, 6.07) is 5.09. The lowest BCUT2D eigenvalue weighted by atomic mass is 10.2. The first-order valence-corrected chi connectivity index (χ1v) is 6.46. The molecule has 0 fully saturated rings. The van der Waals surface area contributed by atoms with Gasteiger partial charge in [0.2, 0.25) is 0 Å². The van der Waals surface area contributed by atoms with Crippen LogP contribution in [-0.4, -0.2) is 30.3 Å². The fourth-order valence-corrected chi connectivity index (χ4v) is 1.90. The lowest BCUT2D eigenvalue weighted by Crippen LogP contribution is -2.14. The van der Waals surface area contributed by atoms with E-state index in [0.29, 0.717) is 29.3 Å². The van der Waals surface area contributed by atoms with E-state index in [1.807, 2.05) is 6.92 Å². The first kappa shape index (κ1) is 14.7. The Morgan fingerprint density at radius 3 is 2.38 bits per heavy atom. The van der Waals surface area contributed by atoms with Gasteiger partial charge in [0.15, 0.2) is 5.69 Å². The van der Waals surface area contributed by atoms with Gasteiger partial charge in [-0.15, -0.1) is 0 Å². The van der Waals surface area contributed by atoms with E-state index in [2.05, 4.69) is 15.5 Å². The van der Waals surface area contributed by atoms with Gasteiger partial charge in [-0.05, 0) is 6.42 Å². The molecule has 1 amide bonds. The van der Waals surface area contributed by atoms with Crippen LogP contribution in [0.3, 0.4) is 0 Å². The number of hydrogen-bond acceptors (Lipinski definition) is 5. The first-order valence-electron chi connectivity index (χ1n) is 6.46. The minimum Gasteiger partial charge on any atom is -0.497 e. The molecule has 21 heavy (non-hydrogen) atoms. The van der Waals surface area contributed by atoms with Crippen LogP contribution < -0.4 is 20.5 Å². The van der Waals surface area contributed by atoms with E-state index >= 15 is 0 Å². The third kappa shape index (κ3) is 3.07. The number of nitrogen functional groups attached to an aromatic ring is 1. The minimum absolute atomic E-state index is 0.175. The number of nitrogens with two attached hydrogens (primary N) is 1. The Hall–Kier alpha value is -2.70. The van der Waals surface area contributed by atoms with Crippen molar-refractivity contribution >= 4 is 17.3 Å². The SMILES string of the molecule is CCc1[nH]nc(C(=O)Nc2cc(OC)cc(OC)c2)c1N. The maximum Gasteiger partial charge on any atom is 0.278 e. The molecule has 1 aromatic heterocycles. The summed E-state index contributed by atoms with van der Waals surface area (Å²) in [5, 5.41) is 9.42. The van der Waals surface area contributed by atoms with Gasteiger partial charge in [0.1, 0.15) is 11.5 Å². The normalized spacial score (nSPS) is 10.2. The van der Waals surface area contributed by atoms with E-state index < -0.39 is 5.91 Å². The lowest BCUT2D eigenvalue weighted by Gasteiger charge is -2.09. The molecular formula is C14H18N4O3. The summed E-state index contributed by atoms with van der Waals surface area (Å²) in [6.45, 7) is 1.93. The van der Waals surface area contributed by atoms with Crippen LogP contribution in [0.1, 0.15) is 23.1 Å². The summed E-state index contributed by atoms with van der Waals surface area (Å²) in [6.07, 6.45) is 0.680. The maximum atomic E-state index is 12.2. The van der Waals surface area contributed by atoms with Gasteiger partial charge in [0.05, 0.1) is 25.6 Å². The Kier molecular flexibility index (Phi) is 4.32. The van der Waals surface area contributed by atoms with Crippen LogP contribution in [0.4, 0.5) is 11.4 Å². The molecule has 112 valence electrons. The second-order valence-corrected chi connectivity index (χ2v) is 4.37. The number of rotatable bonds is 5. The van der Waals surface area contributed by atoms with Crippen LogP contribution in [0, 0.1) is 0 Å². The van der Waals surface area contributed by atoms with Crippen molar-refractivity contribution in [1.29, 1.82) is 0 Å². The third-order valence-electron chi connectivity index (χ3n) is 3.06. The predicted molar refractivity (Wildman–Crippen MR) is 79.9 cm³/mol. The van der Waals surface area contributed by atoms with Crippen molar-refractivity contribution in [3.63, 3.8) is 0 Å². The molecule has 0 radical (unpaired) electrons. The van der Waals surface area contributed by atoms with Gasteiger partial charge >= 0.3 is 0 Å². The molecule has 2 aromatic rings. The van der Waals surface area contributed by atoms with Crippen LogP contribution in [0.25, 0.3) is 0 Å². The molecule has 1 heterocycles. The largest absolute Gasteiger partial charge is 0.497 e. The summed E-state index contributed by atoms with van der Waals surface area (Å²) in [4.78, 5) is 12.2. The smallest absolute Gasteiger partial charge is 0.278 e. The molecule has 4 N–H and O–H groups in total. The van der Waals surface area contributed by atoms with Crippen LogP contribution in [0.15, 0.2) is 18.2 Å². The van der Waals surface area contributed by atoms with E-state index in [1.54, 1.807) is 32.4 Å². The quantitative estimate of drug-likeness (QED) is 0.779. The molecule has 0 aliphatic rings. The fraction of sp³-hybridized carbons (Fsp3) is 0.286. The number of methoxy groups -OCH3 is 2. The Labute approximate surface area is 122 Å². The standard InChI is InChI=1S/C14H18N4O3/c1-4-11-12(15)13(18-17-11)14(19)16-8-5-9(20-2)7-10(6-8)21-3/h5-7H,4,15H2,1-3H3,(H,16,19)(H,17,18). The van der Waals surface area contributed by atoms with E-state index in [9.17, 15) is 4.79 Å². The molecule has 0 saturated heterocycles. The molecule has 2 rings (SSSR count). The van der Waals surface area contributed by atoms with Crippen molar-refractivity contribution in [3.05, 3.63) is 29.6 Å². The number of nitrogens with one attached hydrogen (secondary N) is 2. The van der Waals surface area contributed by atoms with Crippen LogP contribution in [0.5, 0.6) is 11.5 Å². The van der Waals surface area contributed by atoms with Crippen molar-refractivity contribution in [2.75, 3.05) is 25.3 Å². The van der Waals surface area contributed by atoms with E-state index in [4.69, 9.17) is 15.2 Å². The number of anilines is 2. The summed E-state index contributed by atoms with van der Waals surface area (Å²) in [5.41, 5.74) is 7.69. The minimum atomic E-state index is -0.390. The highest BCUT2D eigenvalue weighted by molar-refractivity contribution is 6.06. The monoisotopic (exact) mass is 290 g/mol. The highest BCUT2D eigenvalue weighted by Gasteiger charge is 2.17. The zero-order chi connectivity index (χ0) is 15.4. The Morgan fingerprint density at radius 2 is 1.90 bits per heavy atom. The second-order valence-electron chi connectivity index (χ2n) is 4.37. The van der Waals surface area contributed by atoms with Gasteiger partial charge in [-0.2, -0.15) is 5.10 Å². The molecule has 0 spiro atoms. The van der Waals surface area contributed by atoms with Gasteiger partial charge in [-0.3, -0.25) is 9.89 Å². The van der Waals surface area contributed by atoms with Crippen molar-refractivity contribution < 1.29 is 14.3 Å². The number of aromatic nitrogens is 2. The van der Waals surface area contributed by atoms with E-state index in [-0.39, 0.29) is 5.69 Å². The van der Waals surface area contributed by atoms with Gasteiger partial charge in [-0.25, -0.2) is 0 Å². The van der Waals surface area contributed by atoms with Crippen molar-refractivity contribution in [3.8, 4) is 11.5 Å². The molecule has 0 aliphatic heterocycles. The van der Waals surface area contributed by atoms with Gasteiger partial charge < -0.3 is 20.5 Å². The first-order chi connectivity index (χ1) is 10.1. The number of H-pyrrole nitrogens is 1. The summed E-state index contributed by atoms with van der Waals surface area (Å²) >= 11 is 0. The molecular weight excluding hydrogens is 272 g/mol. The number of nitrogens with zero attached hydrogens (tertiary/aromatic N) is 1. The van der Waals surface area contributed by atoms with Gasteiger partial charge in [0, 0.05) is 23.9 Å². The average molecular weight is 290 g/mol. The third-order valence-corrected chi connectivity index (χ3v) is 3.06. The maximum absolute atomic E-state index is 12.2. The molecule has 7 heteroatoms. The molecule has 0 bridgehead atoms. The van der Waals surface area contributed by atoms with Gasteiger partial charge in [0.25, 0.3) is 5.91 Å². The summed E-state index contributed by atoms with van der Waals surface area (Å²) in [5.74, 6) is 0.765. The number of amides is 1. The number of aryl methyl sites for hydroxylation is 1. The van der Waals surface area contributed by atoms with Crippen LogP contribution in [-0.2, 0) is 6.42 Å². The number of carbonyl (C=O) groups excluding carboxylic acids is 1. The Balaban J connectivity index is 2.24. The molecule has 1 aromatic carbocycles. The molecule has 0 unspecified atom stereocenters. The lowest BCUT2D eigenvalue weighted by molar-refractivity contribution is 0.102. The molecule has 0 saturated carbocycles. The second kappa shape index (κ2) is 6.17. The number of benzene rings is 1. The number of hydrogen-bond donors (Lipinski definition) is 3. The number of ether oxygens (including phenoxy) is 2. The number of carbonyl (C=O) groups is 1. The average Bonchev–Trinajstić information content (AvgIpc) is 2.87. The molecule has 0 atom stereocenters. The Bertz CT molecular complexity index is 629. The topological polar surface area (TPSA) is 102 Å². The van der Waals surface area contributed by atoms with Crippen LogP contribution >= 0.6 is 0 Å². The zero-order valence-electron chi connectivity index (χ0n) is 12.2. The number of aromatic amines is 1. The predicted octanol–water partition coefficient (Wildman–Crippen LogP) is 1.82. The Morgan fingerprint density at radius 1 is 1.29 bits per heavy atom. The summed E-state index contributed by atoms with van der Waals surface area (Å²) < 4.78 is 10.3. The van der Waals surface area contributed by atoms with Crippen LogP contribution in [0.2, 0.25) is 0 Å². The zero-order valence-corrected chi connectivity index (χ0v) is 12.2. The fourth-order valence-electron chi connectivity index (χ4n) is 1.90. The summed E-state index contributed by atoms with van der Waals surface area (Å²) in [7, 11) is 3.08. The highest BCUT2D eigenvalue weighted by atomic mass is 16.5. The molecule has 0 aliphatic carbocycles. The van der Waals surface area contributed by atoms with Crippen molar-refractivity contribution in [1.82, 2.24) is 10.2 Å². The van der Waals surface area contributed by atoms with Crippen molar-refractivity contribution in [2.24, 2.45) is 0 Å². The van der Waals surface area contributed by atoms with Crippen molar-refractivity contribution in [2.45, 2.75) is 13.3 Å². The highest BCUT2D eigenvalue weighted by Crippen LogP contribution is 2.26.